The van der Waals surface area contributed by atoms with Crippen LogP contribution >= 0.6 is 12.2 Å². The van der Waals surface area contributed by atoms with Crippen LogP contribution in [0.1, 0.15) is 18.2 Å². The van der Waals surface area contributed by atoms with E-state index < -0.39 is 0 Å². The second kappa shape index (κ2) is 3.44. The normalized spacial score (nSPS) is 9.55. The summed E-state index contributed by atoms with van der Waals surface area (Å²) in [6.45, 7) is 2.05. The third-order valence-corrected chi connectivity index (χ3v) is 1.70. The Morgan fingerprint density at radius 1 is 1.73 bits per heavy atom. The molecule has 1 rings (SSSR count). The first kappa shape index (κ1) is 8.14. The Bertz CT molecular complexity index is 271. The molecule has 0 amide bonds. The predicted molar refractivity (Wildman–Crippen MR) is 49.5 cm³/mol. The van der Waals surface area contributed by atoms with Crippen molar-refractivity contribution in [3.8, 4) is 0 Å². The second-order valence-corrected chi connectivity index (χ2v) is 2.69. The number of rotatable bonds is 2. The number of pyridine rings is 1. The Morgan fingerprint density at radius 2 is 2.45 bits per heavy atom. The molecule has 0 aliphatic carbocycles. The van der Waals surface area contributed by atoms with Gasteiger partial charge in [0.15, 0.2) is 0 Å². The van der Waals surface area contributed by atoms with Gasteiger partial charge in [0.2, 0.25) is 0 Å². The van der Waals surface area contributed by atoms with E-state index in [0.717, 1.165) is 17.7 Å². The van der Waals surface area contributed by atoms with Crippen molar-refractivity contribution in [1.82, 2.24) is 4.98 Å². The van der Waals surface area contributed by atoms with E-state index in [9.17, 15) is 0 Å². The van der Waals surface area contributed by atoms with Crippen molar-refractivity contribution in [2.75, 3.05) is 0 Å². The van der Waals surface area contributed by atoms with E-state index in [2.05, 4.69) is 4.98 Å². The van der Waals surface area contributed by atoms with Gasteiger partial charge in [-0.05, 0) is 18.6 Å². The summed E-state index contributed by atoms with van der Waals surface area (Å²) in [5.74, 6) is 0. The summed E-state index contributed by atoms with van der Waals surface area (Å²) in [5.41, 5.74) is 7.36. The molecular weight excluding hydrogens is 158 g/mol. The Balaban J connectivity index is 3.01. The van der Waals surface area contributed by atoms with Gasteiger partial charge in [0.1, 0.15) is 4.99 Å². The van der Waals surface area contributed by atoms with Crippen LogP contribution in [0.5, 0.6) is 0 Å². The van der Waals surface area contributed by atoms with E-state index in [0.29, 0.717) is 4.99 Å². The van der Waals surface area contributed by atoms with Gasteiger partial charge in [-0.2, -0.15) is 0 Å². The van der Waals surface area contributed by atoms with E-state index in [1.807, 2.05) is 19.1 Å². The van der Waals surface area contributed by atoms with Crippen LogP contribution in [0.2, 0.25) is 0 Å². The first-order chi connectivity index (χ1) is 5.24. The summed E-state index contributed by atoms with van der Waals surface area (Å²) >= 11 is 4.82. The Labute approximate surface area is 71.4 Å². The molecule has 1 heterocycles. The highest BCUT2D eigenvalue weighted by atomic mass is 32.1. The monoisotopic (exact) mass is 168 g/mol. The second-order valence-electron chi connectivity index (χ2n) is 2.25. The zero-order valence-electron chi connectivity index (χ0n) is 6.37. The molecule has 2 N–H and O–H groups in total. The molecule has 0 atom stereocenters. The van der Waals surface area contributed by atoms with Crippen molar-refractivity contribution in [3.05, 3.63) is 29.6 Å². The molecule has 0 radical (unpaired) electrons. The summed E-state index contributed by atoms with van der Waals surface area (Å²) in [7, 11) is 0. The van der Waals surface area contributed by atoms with Crippen LogP contribution in [0.25, 0.3) is 0 Å². The van der Waals surface area contributed by atoms with Crippen molar-refractivity contribution < 1.29 is 0 Å². The number of aromatic nitrogens is 1. The number of nitrogens with two attached hydrogens (primary N) is 1. The molecule has 3 heteroatoms. The summed E-state index contributed by atoms with van der Waals surface area (Å²) in [5, 5.41) is 0. The van der Waals surface area contributed by atoms with Gasteiger partial charge in [-0.15, -0.1) is 0 Å². The lowest BCUT2D eigenvalue weighted by molar-refractivity contribution is 1.03. The minimum absolute atomic E-state index is 0.433. The molecule has 58 valence electrons. The minimum Gasteiger partial charge on any atom is -0.389 e. The van der Waals surface area contributed by atoms with Crippen LogP contribution < -0.4 is 5.73 Å². The Hall–Kier alpha value is -0.960. The quantitative estimate of drug-likeness (QED) is 0.676. The fourth-order valence-corrected chi connectivity index (χ4v) is 0.952. The molecule has 0 saturated carbocycles. The van der Waals surface area contributed by atoms with E-state index in [4.69, 9.17) is 18.0 Å². The molecule has 0 spiro atoms. The van der Waals surface area contributed by atoms with Gasteiger partial charge in [0, 0.05) is 17.5 Å². The predicted octanol–water partition coefficient (Wildman–Crippen LogP) is 1.28. The number of hydrogen-bond donors (Lipinski definition) is 1. The number of thiocarbonyl (C=S) groups is 1. The van der Waals surface area contributed by atoms with Gasteiger partial charge in [-0.1, -0.05) is 19.1 Å². The zero-order chi connectivity index (χ0) is 8.27. The van der Waals surface area contributed by atoms with E-state index in [1.165, 1.54) is 0 Å². The average molecular weight is 168 g/mol. The third kappa shape index (κ3) is 1.98. The standard InChI is InChI=1S/C8H10N2S/c1-2-7-5-6(8(9)11)3-4-10-7/h3-5H,2H2,1H3,(H2,9,11)/i8+2. The number of nitrogens with zero attached hydrogens (tertiary/aromatic N) is 1. The van der Waals surface area contributed by atoms with Crippen molar-refractivity contribution in [3.63, 3.8) is 0 Å². The van der Waals surface area contributed by atoms with E-state index in [1.54, 1.807) is 6.20 Å². The van der Waals surface area contributed by atoms with Crippen LogP contribution in [0.15, 0.2) is 18.3 Å². The lowest BCUT2D eigenvalue weighted by Crippen LogP contribution is -2.09. The van der Waals surface area contributed by atoms with Crippen molar-refractivity contribution in [1.29, 1.82) is 0 Å². The molecule has 2 nitrogen and oxygen atoms in total. The Morgan fingerprint density at radius 3 is 3.00 bits per heavy atom. The summed E-state index contributed by atoms with van der Waals surface area (Å²) in [6.07, 6.45) is 2.64. The maximum absolute atomic E-state index is 5.44. The maximum Gasteiger partial charge on any atom is 0.104 e. The highest BCUT2D eigenvalue weighted by Gasteiger charge is 1.96. The fraction of sp³-hybridized carbons (Fsp3) is 0.250. The van der Waals surface area contributed by atoms with E-state index in [-0.39, 0.29) is 0 Å². The number of aryl methyl sites for hydroxylation is 1. The van der Waals surface area contributed by atoms with Crippen molar-refractivity contribution in [2.45, 2.75) is 13.3 Å². The first-order valence-corrected chi connectivity index (χ1v) is 3.89. The van der Waals surface area contributed by atoms with Gasteiger partial charge in [-0.25, -0.2) is 0 Å². The third-order valence-electron chi connectivity index (χ3n) is 1.46. The summed E-state index contributed by atoms with van der Waals surface area (Å²) in [6, 6.07) is 3.74. The molecule has 11 heavy (non-hydrogen) atoms. The maximum atomic E-state index is 5.44. The molecular formula is C8H10N2S. The topological polar surface area (TPSA) is 38.9 Å². The average Bonchev–Trinajstić information content (AvgIpc) is 2.05. The molecule has 0 aromatic carbocycles. The molecule has 0 fully saturated rings. The largest absolute Gasteiger partial charge is 0.389 e. The summed E-state index contributed by atoms with van der Waals surface area (Å²) in [4.78, 5) is 4.56. The van der Waals surface area contributed by atoms with Crippen molar-refractivity contribution >= 4 is 17.2 Å². The van der Waals surface area contributed by atoms with Crippen molar-refractivity contribution in [2.24, 2.45) is 5.73 Å². The molecule has 0 aliphatic rings. The first-order valence-electron chi connectivity index (χ1n) is 3.48. The lowest BCUT2D eigenvalue weighted by Gasteiger charge is -1.99. The van der Waals surface area contributed by atoms with E-state index >= 15 is 0 Å². The zero-order valence-corrected chi connectivity index (χ0v) is 7.19. The minimum atomic E-state index is 0.433. The molecule has 1 aromatic heterocycles. The Kier molecular flexibility index (Phi) is 2.54. The summed E-state index contributed by atoms with van der Waals surface area (Å²) < 4.78 is 0. The number of hydrogen-bond acceptors (Lipinski definition) is 2. The molecule has 0 saturated heterocycles. The van der Waals surface area contributed by atoms with Gasteiger partial charge < -0.3 is 5.73 Å². The van der Waals surface area contributed by atoms with Crippen LogP contribution in [0, 0.1) is 0 Å². The SMILES string of the molecule is CCc1cc([14C](N)=S)ccn1. The molecule has 0 aliphatic heterocycles. The molecule has 1 aromatic rings. The lowest BCUT2D eigenvalue weighted by atomic mass is 10.3. The van der Waals surface area contributed by atoms with Crippen LogP contribution in [-0.4, -0.2) is 9.97 Å². The smallest absolute Gasteiger partial charge is 0.104 e. The van der Waals surface area contributed by atoms with Gasteiger partial charge >= 0.3 is 0 Å². The fourth-order valence-electron chi connectivity index (χ4n) is 0.825. The van der Waals surface area contributed by atoms with Crippen LogP contribution in [0.4, 0.5) is 0 Å². The van der Waals surface area contributed by atoms with Crippen LogP contribution in [0.3, 0.4) is 0 Å². The molecule has 0 unspecified atom stereocenters. The van der Waals surface area contributed by atoms with Crippen LogP contribution in [-0.2, 0) is 6.42 Å². The van der Waals surface area contributed by atoms with Gasteiger partial charge in [0.25, 0.3) is 0 Å². The highest BCUT2D eigenvalue weighted by molar-refractivity contribution is 7.80. The highest BCUT2D eigenvalue weighted by Crippen LogP contribution is 2.01. The van der Waals surface area contributed by atoms with Gasteiger partial charge in [0.05, 0.1) is 0 Å². The van der Waals surface area contributed by atoms with Gasteiger partial charge in [-0.3, -0.25) is 4.98 Å². The molecule has 0 bridgehead atoms.